The lowest BCUT2D eigenvalue weighted by atomic mass is 9.93. The van der Waals surface area contributed by atoms with Crippen LogP contribution in [0.4, 0.5) is 8.78 Å². The molecule has 1 atom stereocenters. The molecule has 0 spiro atoms. The molecule has 2 aromatic rings. The molecule has 0 radical (unpaired) electrons. The predicted octanol–water partition coefficient (Wildman–Crippen LogP) is 5.34. The smallest absolute Gasteiger partial charge is 0.159 e. The van der Waals surface area contributed by atoms with Gasteiger partial charge in [0.15, 0.2) is 11.6 Å². The van der Waals surface area contributed by atoms with Crippen molar-refractivity contribution < 1.29 is 8.78 Å². The molecule has 1 unspecified atom stereocenters. The Morgan fingerprint density at radius 2 is 1.79 bits per heavy atom. The number of hydrogen-bond donors (Lipinski definition) is 0. The Labute approximate surface area is 124 Å². The van der Waals surface area contributed by atoms with Crippen LogP contribution in [0.2, 0.25) is 5.02 Å². The molecule has 0 N–H and O–H groups in total. The molecule has 0 saturated heterocycles. The Balaban J connectivity index is 2.24. The van der Waals surface area contributed by atoms with Gasteiger partial charge in [-0.05, 0) is 41.7 Å². The van der Waals surface area contributed by atoms with E-state index in [4.69, 9.17) is 11.6 Å². The van der Waals surface area contributed by atoms with Gasteiger partial charge < -0.3 is 0 Å². The summed E-state index contributed by atoms with van der Waals surface area (Å²) in [5.74, 6) is -1.51. The number of halogens is 4. The highest BCUT2D eigenvalue weighted by atomic mass is 79.9. The Kier molecular flexibility index (Phi) is 4.94. The van der Waals surface area contributed by atoms with E-state index in [-0.39, 0.29) is 5.92 Å². The van der Waals surface area contributed by atoms with Gasteiger partial charge in [-0.2, -0.15) is 0 Å². The van der Waals surface area contributed by atoms with Gasteiger partial charge in [0, 0.05) is 10.4 Å². The van der Waals surface area contributed by atoms with Crippen molar-refractivity contribution in [2.75, 3.05) is 5.33 Å². The molecule has 0 aliphatic carbocycles. The second-order valence-corrected chi connectivity index (χ2v) is 5.38. The normalized spacial score (nSPS) is 12.4. The lowest BCUT2D eigenvalue weighted by molar-refractivity contribution is 0.506. The van der Waals surface area contributed by atoms with Crippen LogP contribution in [0.25, 0.3) is 0 Å². The van der Waals surface area contributed by atoms with E-state index in [1.165, 1.54) is 6.07 Å². The Bertz CT molecular complexity index is 572. The molecule has 0 amide bonds. The van der Waals surface area contributed by atoms with Gasteiger partial charge in [0.05, 0.1) is 0 Å². The number of rotatable bonds is 4. The first-order valence-electron chi connectivity index (χ1n) is 5.86. The summed E-state index contributed by atoms with van der Waals surface area (Å²) < 4.78 is 26.1. The topological polar surface area (TPSA) is 0 Å². The molecule has 2 aromatic carbocycles. The fourth-order valence-electron chi connectivity index (χ4n) is 2.00. The molecular formula is C15H12BrClF2. The predicted molar refractivity (Wildman–Crippen MR) is 78.0 cm³/mol. The second kappa shape index (κ2) is 6.49. The zero-order valence-corrected chi connectivity index (χ0v) is 12.4. The van der Waals surface area contributed by atoms with Crippen molar-refractivity contribution in [3.8, 4) is 0 Å². The van der Waals surface area contributed by atoms with E-state index in [1.54, 1.807) is 6.07 Å². The van der Waals surface area contributed by atoms with Gasteiger partial charge in [0.2, 0.25) is 0 Å². The van der Waals surface area contributed by atoms with E-state index in [0.29, 0.717) is 16.8 Å². The molecule has 0 aliphatic rings. The SMILES string of the molecule is Fc1ccc(CC(CBr)c2ccccc2Cl)cc1F. The lowest BCUT2D eigenvalue weighted by Crippen LogP contribution is -2.05. The third-order valence-electron chi connectivity index (χ3n) is 3.00. The Hall–Kier alpha value is -0.930. The quantitative estimate of drug-likeness (QED) is 0.656. The van der Waals surface area contributed by atoms with E-state index in [0.717, 1.165) is 17.2 Å². The lowest BCUT2D eigenvalue weighted by Gasteiger charge is -2.16. The number of alkyl halides is 1. The summed E-state index contributed by atoms with van der Waals surface area (Å²) >= 11 is 9.62. The van der Waals surface area contributed by atoms with Crippen molar-refractivity contribution in [3.05, 3.63) is 70.2 Å². The van der Waals surface area contributed by atoms with Gasteiger partial charge in [-0.3, -0.25) is 0 Å². The minimum absolute atomic E-state index is 0.124. The maximum absolute atomic E-state index is 13.2. The van der Waals surface area contributed by atoms with Crippen LogP contribution in [-0.2, 0) is 6.42 Å². The first kappa shape index (κ1) is 14.5. The maximum atomic E-state index is 13.2. The van der Waals surface area contributed by atoms with Crippen LogP contribution >= 0.6 is 27.5 Å². The number of benzene rings is 2. The molecule has 0 heterocycles. The number of hydrogen-bond acceptors (Lipinski definition) is 0. The van der Waals surface area contributed by atoms with Gasteiger partial charge in [-0.25, -0.2) is 8.78 Å². The average Bonchev–Trinajstić information content (AvgIpc) is 2.41. The summed E-state index contributed by atoms with van der Waals surface area (Å²) in [5.41, 5.74) is 1.76. The van der Waals surface area contributed by atoms with Crippen molar-refractivity contribution in [2.24, 2.45) is 0 Å². The fourth-order valence-corrected chi connectivity index (χ4v) is 2.87. The molecule has 2 rings (SSSR count). The minimum atomic E-state index is -0.822. The zero-order chi connectivity index (χ0) is 13.8. The van der Waals surface area contributed by atoms with Crippen molar-refractivity contribution in [2.45, 2.75) is 12.3 Å². The highest BCUT2D eigenvalue weighted by Gasteiger charge is 2.15. The Morgan fingerprint density at radius 3 is 2.42 bits per heavy atom. The van der Waals surface area contributed by atoms with Gasteiger partial charge in [-0.15, -0.1) is 0 Å². The summed E-state index contributed by atoms with van der Waals surface area (Å²) in [6.07, 6.45) is 0.603. The van der Waals surface area contributed by atoms with Crippen LogP contribution in [0.3, 0.4) is 0 Å². The molecule has 0 bridgehead atoms. The summed E-state index contributed by atoms with van der Waals surface area (Å²) in [6, 6.07) is 11.6. The summed E-state index contributed by atoms with van der Waals surface area (Å²) in [4.78, 5) is 0. The first-order chi connectivity index (χ1) is 9.11. The van der Waals surface area contributed by atoms with E-state index in [2.05, 4.69) is 15.9 Å². The van der Waals surface area contributed by atoms with Crippen LogP contribution in [0.15, 0.2) is 42.5 Å². The largest absolute Gasteiger partial charge is 0.204 e. The van der Waals surface area contributed by atoms with Crippen LogP contribution in [0, 0.1) is 11.6 Å². The van der Waals surface area contributed by atoms with E-state index < -0.39 is 11.6 Å². The van der Waals surface area contributed by atoms with Gasteiger partial charge in [-0.1, -0.05) is 51.8 Å². The molecule has 0 nitrogen and oxygen atoms in total. The second-order valence-electron chi connectivity index (χ2n) is 4.33. The highest BCUT2D eigenvalue weighted by Crippen LogP contribution is 2.29. The zero-order valence-electron chi connectivity index (χ0n) is 10.0. The fraction of sp³-hybridized carbons (Fsp3) is 0.200. The van der Waals surface area contributed by atoms with Crippen LogP contribution < -0.4 is 0 Å². The standard InChI is InChI=1S/C15H12BrClF2/c16-9-11(12-3-1-2-4-13(12)17)7-10-5-6-14(18)15(19)8-10/h1-6,8,11H,7,9H2. The van der Waals surface area contributed by atoms with Crippen molar-refractivity contribution >= 4 is 27.5 Å². The summed E-state index contributed by atoms with van der Waals surface area (Å²) in [5, 5.41) is 1.39. The molecule has 0 fully saturated rings. The minimum Gasteiger partial charge on any atom is -0.204 e. The van der Waals surface area contributed by atoms with E-state index in [1.807, 2.05) is 24.3 Å². The van der Waals surface area contributed by atoms with E-state index >= 15 is 0 Å². The molecule has 19 heavy (non-hydrogen) atoms. The molecular weight excluding hydrogens is 334 g/mol. The monoisotopic (exact) mass is 344 g/mol. The van der Waals surface area contributed by atoms with Gasteiger partial charge >= 0.3 is 0 Å². The van der Waals surface area contributed by atoms with E-state index in [9.17, 15) is 8.78 Å². The Morgan fingerprint density at radius 1 is 1.05 bits per heavy atom. The molecule has 4 heteroatoms. The molecule has 0 aromatic heterocycles. The molecule has 0 aliphatic heterocycles. The first-order valence-corrected chi connectivity index (χ1v) is 7.36. The van der Waals surface area contributed by atoms with Gasteiger partial charge in [0.1, 0.15) is 0 Å². The summed E-state index contributed by atoms with van der Waals surface area (Å²) in [6.45, 7) is 0. The third kappa shape index (κ3) is 3.54. The highest BCUT2D eigenvalue weighted by molar-refractivity contribution is 9.09. The molecule has 0 saturated carbocycles. The third-order valence-corrected chi connectivity index (χ3v) is 4.12. The van der Waals surface area contributed by atoms with Crippen LogP contribution in [0.1, 0.15) is 17.0 Å². The molecule has 100 valence electrons. The van der Waals surface area contributed by atoms with Gasteiger partial charge in [0.25, 0.3) is 0 Å². The van der Waals surface area contributed by atoms with Crippen molar-refractivity contribution in [1.29, 1.82) is 0 Å². The van der Waals surface area contributed by atoms with Crippen LogP contribution in [0.5, 0.6) is 0 Å². The average molecular weight is 346 g/mol. The van der Waals surface area contributed by atoms with Crippen molar-refractivity contribution in [3.63, 3.8) is 0 Å². The van der Waals surface area contributed by atoms with Crippen LogP contribution in [-0.4, -0.2) is 5.33 Å². The van der Waals surface area contributed by atoms with Crippen molar-refractivity contribution in [1.82, 2.24) is 0 Å². The summed E-state index contributed by atoms with van der Waals surface area (Å²) in [7, 11) is 0. The maximum Gasteiger partial charge on any atom is 0.159 e.